The van der Waals surface area contributed by atoms with Crippen LogP contribution in [0.1, 0.15) is 0 Å². The number of rotatable bonds is 0. The van der Waals surface area contributed by atoms with Crippen LogP contribution in [-0.4, -0.2) is 111 Å². The van der Waals surface area contributed by atoms with E-state index < -0.39 is 41.6 Å². The van der Waals surface area contributed by atoms with E-state index in [1.165, 1.54) is 0 Å². The molecule has 0 aliphatic rings. The summed E-state index contributed by atoms with van der Waals surface area (Å²) in [6, 6.07) is 0. The van der Waals surface area contributed by atoms with E-state index in [1.807, 2.05) is 0 Å². The Hall–Kier alpha value is 1.97. The number of hydrogen-bond donors (Lipinski definition) is 0. The summed E-state index contributed by atoms with van der Waals surface area (Å²) in [5, 5.41) is 0. The van der Waals surface area contributed by atoms with Gasteiger partial charge in [0.25, 0.3) is 0 Å². The standard InChI is InChI=1S/Al.La.Mg.4H2O4S/c;;;4*1-5(2,3)4/h;;;4*(H2,1,2,3,4)/q2*+3;+2;;;;/p-8. The van der Waals surface area contributed by atoms with E-state index in [2.05, 4.69) is 0 Å². The maximum atomic E-state index is 8.52. The molecular formula is AlLaMgO16S4. The summed E-state index contributed by atoms with van der Waals surface area (Å²) in [5.41, 5.74) is 0. The van der Waals surface area contributed by atoms with E-state index in [1.54, 1.807) is 0 Å². The SMILES string of the molecule is O=S(=O)([O-])[O-].O=S(=O)([O-])[O-].O=S(=O)([O-])[O-].O=S(=O)([O-])[O-].[Al+3].[La+3].[Mg+2]. The van der Waals surface area contributed by atoms with Crippen molar-refractivity contribution in [2.24, 2.45) is 0 Å². The zero-order valence-electron chi connectivity index (χ0n) is 10.0. The molecular weight excluding hydrogens is 574 g/mol. The van der Waals surface area contributed by atoms with Crippen molar-refractivity contribution >= 4 is 82.0 Å². The van der Waals surface area contributed by atoms with Crippen LogP contribution in [0.3, 0.4) is 0 Å². The van der Waals surface area contributed by atoms with E-state index in [0.29, 0.717) is 0 Å². The predicted molar refractivity (Wildman–Crippen MR) is 53.4 cm³/mol. The van der Waals surface area contributed by atoms with E-state index >= 15 is 0 Å². The molecule has 0 N–H and O–H groups in total. The normalized spacial score (nSPS) is 10.1. The third-order valence-corrected chi connectivity index (χ3v) is 0. The average molecular weight is 574 g/mol. The van der Waals surface area contributed by atoms with E-state index in [4.69, 9.17) is 70.1 Å². The van der Waals surface area contributed by atoms with Crippen LogP contribution in [0.2, 0.25) is 0 Å². The maximum absolute atomic E-state index is 8.52. The second-order valence-corrected chi connectivity index (χ2v) is 4.90. The summed E-state index contributed by atoms with van der Waals surface area (Å²) in [6.45, 7) is 0. The molecule has 0 aromatic heterocycles. The first-order chi connectivity index (χ1) is 8.00. The molecule has 0 heterocycles. The molecule has 0 spiro atoms. The van der Waals surface area contributed by atoms with Crippen LogP contribution in [0.15, 0.2) is 0 Å². The van der Waals surface area contributed by atoms with Gasteiger partial charge in [-0.05, 0) is 0 Å². The van der Waals surface area contributed by atoms with Gasteiger partial charge in [-0.25, -0.2) is 0 Å². The predicted octanol–water partition coefficient (Wildman–Crippen LogP) is -6.11. The minimum Gasteiger partial charge on any atom is -0.759 e. The second kappa shape index (κ2) is 18.8. The van der Waals surface area contributed by atoms with Gasteiger partial charge < -0.3 is 36.4 Å². The molecule has 0 aliphatic heterocycles. The van der Waals surface area contributed by atoms with Crippen molar-refractivity contribution in [2.75, 3.05) is 0 Å². The maximum Gasteiger partial charge on any atom is 3.00 e. The fourth-order valence-electron chi connectivity index (χ4n) is 0. The van der Waals surface area contributed by atoms with Crippen LogP contribution in [0.5, 0.6) is 0 Å². The van der Waals surface area contributed by atoms with Crippen LogP contribution < -0.4 is 0 Å². The molecule has 0 aromatic rings. The molecule has 0 amide bonds. The summed E-state index contributed by atoms with van der Waals surface area (Å²) >= 11 is 0. The minimum atomic E-state index is -5.17. The van der Waals surface area contributed by atoms with Gasteiger partial charge in [0.2, 0.25) is 0 Å². The Bertz CT molecular complexity index is 485. The minimum absolute atomic E-state index is 0. The Balaban J connectivity index is -0.0000000284. The van der Waals surface area contributed by atoms with Crippen molar-refractivity contribution in [2.45, 2.75) is 0 Å². The van der Waals surface area contributed by atoms with Gasteiger partial charge in [-0.3, -0.25) is 33.7 Å². The van der Waals surface area contributed by atoms with Crippen molar-refractivity contribution < 1.29 is 106 Å². The molecule has 0 unspecified atom stereocenters. The quantitative estimate of drug-likeness (QED) is 0.147. The zero-order valence-corrected chi connectivity index (χ0v) is 19.5. The first-order valence-electron chi connectivity index (χ1n) is 2.67. The molecule has 16 nitrogen and oxygen atoms in total. The van der Waals surface area contributed by atoms with Gasteiger partial charge in [0.1, 0.15) is 0 Å². The van der Waals surface area contributed by atoms with Gasteiger partial charge in [-0.2, -0.15) is 0 Å². The van der Waals surface area contributed by atoms with E-state index in [-0.39, 0.29) is 76.0 Å². The molecule has 0 bridgehead atoms. The fraction of sp³-hybridized carbons (Fsp3) is 0. The third kappa shape index (κ3) is 2970. The monoisotopic (exact) mass is 574 g/mol. The summed E-state index contributed by atoms with van der Waals surface area (Å²) in [5.74, 6) is 0. The van der Waals surface area contributed by atoms with Crippen LogP contribution in [0, 0.1) is 35.6 Å². The van der Waals surface area contributed by atoms with Gasteiger partial charge in [-0.1, -0.05) is 0 Å². The van der Waals surface area contributed by atoms with Crippen LogP contribution in [0.4, 0.5) is 0 Å². The molecule has 0 aromatic carbocycles. The number of hydrogen-bond acceptors (Lipinski definition) is 16. The Kier molecular flexibility index (Phi) is 36.2. The zero-order chi connectivity index (χ0) is 18.0. The van der Waals surface area contributed by atoms with Crippen molar-refractivity contribution in [3.05, 3.63) is 0 Å². The first kappa shape index (κ1) is 44.4. The smallest absolute Gasteiger partial charge is 0.759 e. The Morgan fingerprint density at radius 1 is 0.391 bits per heavy atom. The Morgan fingerprint density at radius 3 is 0.391 bits per heavy atom. The van der Waals surface area contributed by atoms with Crippen molar-refractivity contribution in [3.8, 4) is 0 Å². The van der Waals surface area contributed by atoms with Gasteiger partial charge in [0.15, 0.2) is 0 Å². The van der Waals surface area contributed by atoms with Gasteiger partial charge in [0.05, 0.1) is 0 Å². The fourth-order valence-corrected chi connectivity index (χ4v) is 0. The summed E-state index contributed by atoms with van der Waals surface area (Å²) in [6.07, 6.45) is 0. The van der Waals surface area contributed by atoms with Gasteiger partial charge in [0, 0.05) is 41.6 Å². The molecule has 128 valence electrons. The van der Waals surface area contributed by atoms with Crippen molar-refractivity contribution in [1.29, 1.82) is 0 Å². The van der Waals surface area contributed by atoms with Crippen molar-refractivity contribution in [3.63, 3.8) is 0 Å². The third-order valence-electron chi connectivity index (χ3n) is 0. The summed E-state index contributed by atoms with van der Waals surface area (Å²) in [7, 11) is -20.7. The molecule has 0 saturated carbocycles. The molecule has 23 heavy (non-hydrogen) atoms. The first-order valence-corrected chi connectivity index (χ1v) is 8.00. The van der Waals surface area contributed by atoms with Crippen LogP contribution in [-0.2, 0) is 41.6 Å². The van der Waals surface area contributed by atoms with Crippen LogP contribution in [0.25, 0.3) is 0 Å². The molecule has 0 radical (unpaired) electrons. The van der Waals surface area contributed by atoms with E-state index in [9.17, 15) is 0 Å². The van der Waals surface area contributed by atoms with Crippen molar-refractivity contribution in [1.82, 2.24) is 0 Å². The Morgan fingerprint density at radius 2 is 0.391 bits per heavy atom. The molecule has 0 saturated heterocycles. The molecule has 23 heteroatoms. The second-order valence-electron chi connectivity index (χ2n) is 1.63. The average Bonchev–Trinajstić information content (AvgIpc) is 1.62. The summed E-state index contributed by atoms with van der Waals surface area (Å²) in [4.78, 5) is 0. The van der Waals surface area contributed by atoms with Gasteiger partial charge in [-0.15, -0.1) is 0 Å². The molecule has 0 atom stereocenters. The van der Waals surface area contributed by atoms with E-state index in [0.717, 1.165) is 0 Å². The van der Waals surface area contributed by atoms with Crippen LogP contribution >= 0.6 is 0 Å². The Labute approximate surface area is 185 Å². The largest absolute Gasteiger partial charge is 3.00 e. The molecule has 0 aliphatic carbocycles. The molecule has 0 fully saturated rings. The summed E-state index contributed by atoms with van der Waals surface area (Å²) < 4.78 is 136. The topological polar surface area (TPSA) is 321 Å². The van der Waals surface area contributed by atoms with Gasteiger partial charge >= 0.3 is 76.0 Å². The molecule has 0 rings (SSSR count).